The van der Waals surface area contributed by atoms with Crippen LogP contribution in [-0.2, 0) is 0 Å². The van der Waals surface area contributed by atoms with E-state index in [-0.39, 0.29) is 0 Å². The molecule has 0 saturated carbocycles. The maximum absolute atomic E-state index is 4.36. The van der Waals surface area contributed by atoms with Gasteiger partial charge in [0.1, 0.15) is 5.82 Å². The van der Waals surface area contributed by atoms with Crippen LogP contribution in [0.1, 0.15) is 37.1 Å². The van der Waals surface area contributed by atoms with E-state index in [1.54, 1.807) is 0 Å². The quantitative estimate of drug-likeness (QED) is 0.805. The van der Waals surface area contributed by atoms with Crippen molar-refractivity contribution in [3.05, 3.63) is 54.1 Å². The smallest absolute Gasteiger partial charge is 0.113 e. The number of aromatic amines is 1. The molecule has 0 saturated heterocycles. The Morgan fingerprint density at radius 1 is 1.27 bits per heavy atom. The molecule has 1 heterocycles. The topological polar surface area (TPSA) is 28.7 Å². The SMILES string of the molecule is CCC[C@@H](c1ccccc1)c1ncc[nH]1. The summed E-state index contributed by atoms with van der Waals surface area (Å²) in [5, 5.41) is 0. The fraction of sp³-hybridized carbons (Fsp3) is 0.308. The number of nitrogens with one attached hydrogen (secondary N) is 1. The first-order valence-electron chi connectivity index (χ1n) is 5.46. The molecule has 78 valence electrons. The van der Waals surface area contributed by atoms with Gasteiger partial charge in [-0.1, -0.05) is 43.7 Å². The van der Waals surface area contributed by atoms with Gasteiger partial charge in [0.05, 0.1) is 0 Å². The van der Waals surface area contributed by atoms with Crippen molar-refractivity contribution in [2.45, 2.75) is 25.7 Å². The largest absolute Gasteiger partial charge is 0.348 e. The van der Waals surface area contributed by atoms with E-state index in [9.17, 15) is 0 Å². The summed E-state index contributed by atoms with van der Waals surface area (Å²) in [4.78, 5) is 7.57. The number of benzene rings is 1. The van der Waals surface area contributed by atoms with Crippen LogP contribution >= 0.6 is 0 Å². The first-order chi connectivity index (χ1) is 7.42. The Kier molecular flexibility index (Phi) is 3.18. The van der Waals surface area contributed by atoms with Gasteiger partial charge < -0.3 is 4.98 Å². The van der Waals surface area contributed by atoms with Crippen molar-refractivity contribution in [1.82, 2.24) is 9.97 Å². The third-order valence-electron chi connectivity index (χ3n) is 2.63. The van der Waals surface area contributed by atoms with E-state index >= 15 is 0 Å². The highest BCUT2D eigenvalue weighted by Crippen LogP contribution is 2.26. The molecule has 0 spiro atoms. The van der Waals surface area contributed by atoms with Crippen molar-refractivity contribution in [2.75, 3.05) is 0 Å². The zero-order chi connectivity index (χ0) is 10.5. The van der Waals surface area contributed by atoms with Gasteiger partial charge in [-0.15, -0.1) is 0 Å². The number of nitrogens with zero attached hydrogens (tertiary/aromatic N) is 1. The maximum atomic E-state index is 4.36. The second-order valence-electron chi connectivity index (χ2n) is 3.73. The van der Waals surface area contributed by atoms with E-state index < -0.39 is 0 Å². The highest BCUT2D eigenvalue weighted by atomic mass is 14.9. The minimum atomic E-state index is 0.409. The summed E-state index contributed by atoms with van der Waals surface area (Å²) in [6.45, 7) is 2.21. The number of imidazole rings is 1. The average Bonchev–Trinajstić information content (AvgIpc) is 2.80. The lowest BCUT2D eigenvalue weighted by molar-refractivity contribution is 0.666. The van der Waals surface area contributed by atoms with Crippen LogP contribution < -0.4 is 0 Å². The Morgan fingerprint density at radius 3 is 2.67 bits per heavy atom. The second-order valence-corrected chi connectivity index (χ2v) is 3.73. The standard InChI is InChI=1S/C13H16N2/c1-2-6-12(13-14-9-10-15-13)11-7-4-3-5-8-11/h3-5,7-10,12H,2,6H2,1H3,(H,14,15)/t12-/m0/s1. The van der Waals surface area contributed by atoms with Crippen molar-refractivity contribution >= 4 is 0 Å². The van der Waals surface area contributed by atoms with E-state index in [1.165, 1.54) is 12.0 Å². The summed E-state index contributed by atoms with van der Waals surface area (Å²) in [5.74, 6) is 1.48. The molecule has 1 atom stereocenters. The highest BCUT2D eigenvalue weighted by Gasteiger charge is 2.14. The van der Waals surface area contributed by atoms with Crippen LogP contribution in [0.5, 0.6) is 0 Å². The number of H-pyrrole nitrogens is 1. The predicted molar refractivity (Wildman–Crippen MR) is 61.8 cm³/mol. The Morgan fingerprint density at radius 2 is 2.07 bits per heavy atom. The summed E-state index contributed by atoms with van der Waals surface area (Å²) in [6.07, 6.45) is 6.01. The zero-order valence-corrected chi connectivity index (χ0v) is 8.98. The van der Waals surface area contributed by atoms with Crippen LogP contribution in [0.3, 0.4) is 0 Å². The predicted octanol–water partition coefficient (Wildman–Crippen LogP) is 3.34. The van der Waals surface area contributed by atoms with Crippen molar-refractivity contribution in [2.24, 2.45) is 0 Å². The maximum Gasteiger partial charge on any atom is 0.113 e. The molecule has 2 aromatic rings. The summed E-state index contributed by atoms with van der Waals surface area (Å²) in [7, 11) is 0. The molecular weight excluding hydrogens is 184 g/mol. The molecule has 1 N–H and O–H groups in total. The Balaban J connectivity index is 2.28. The Hall–Kier alpha value is -1.57. The first kappa shape index (κ1) is 9.97. The molecular formula is C13H16N2. The molecule has 0 unspecified atom stereocenters. The number of hydrogen-bond acceptors (Lipinski definition) is 1. The molecule has 0 amide bonds. The molecule has 0 bridgehead atoms. The van der Waals surface area contributed by atoms with Crippen LogP contribution in [0.15, 0.2) is 42.7 Å². The lowest BCUT2D eigenvalue weighted by atomic mass is 9.94. The lowest BCUT2D eigenvalue weighted by Crippen LogP contribution is -2.02. The molecule has 0 aliphatic carbocycles. The number of hydrogen-bond donors (Lipinski definition) is 1. The third-order valence-corrected chi connectivity index (χ3v) is 2.63. The fourth-order valence-corrected chi connectivity index (χ4v) is 1.90. The fourth-order valence-electron chi connectivity index (χ4n) is 1.90. The molecule has 2 nitrogen and oxygen atoms in total. The molecule has 0 radical (unpaired) electrons. The first-order valence-corrected chi connectivity index (χ1v) is 5.46. The summed E-state index contributed by atoms with van der Waals surface area (Å²) in [6, 6.07) is 10.6. The van der Waals surface area contributed by atoms with E-state index in [4.69, 9.17) is 0 Å². The molecule has 1 aromatic carbocycles. The van der Waals surface area contributed by atoms with E-state index in [2.05, 4.69) is 47.2 Å². The van der Waals surface area contributed by atoms with E-state index in [0.29, 0.717) is 5.92 Å². The van der Waals surface area contributed by atoms with Gasteiger partial charge in [-0.2, -0.15) is 0 Å². The average molecular weight is 200 g/mol. The minimum Gasteiger partial charge on any atom is -0.348 e. The lowest BCUT2D eigenvalue weighted by Gasteiger charge is -2.13. The molecule has 0 aliphatic rings. The normalized spacial score (nSPS) is 12.6. The van der Waals surface area contributed by atoms with Gasteiger partial charge in [0, 0.05) is 18.3 Å². The van der Waals surface area contributed by atoms with Gasteiger partial charge in [0.2, 0.25) is 0 Å². The highest BCUT2D eigenvalue weighted by molar-refractivity contribution is 5.25. The molecule has 2 heteroatoms. The van der Waals surface area contributed by atoms with Gasteiger partial charge in [-0.05, 0) is 12.0 Å². The summed E-state index contributed by atoms with van der Waals surface area (Å²) < 4.78 is 0. The zero-order valence-electron chi connectivity index (χ0n) is 8.98. The van der Waals surface area contributed by atoms with Crippen molar-refractivity contribution in [1.29, 1.82) is 0 Å². The molecule has 0 fully saturated rings. The molecule has 0 aliphatic heterocycles. The summed E-state index contributed by atoms with van der Waals surface area (Å²) in [5.41, 5.74) is 1.34. The van der Waals surface area contributed by atoms with E-state index in [0.717, 1.165) is 12.2 Å². The van der Waals surface area contributed by atoms with Crippen molar-refractivity contribution in [3.63, 3.8) is 0 Å². The third kappa shape index (κ3) is 2.27. The van der Waals surface area contributed by atoms with E-state index in [1.807, 2.05) is 12.4 Å². The Labute approximate surface area is 90.4 Å². The van der Waals surface area contributed by atoms with Crippen LogP contribution in [0.2, 0.25) is 0 Å². The van der Waals surface area contributed by atoms with Crippen LogP contribution in [0.4, 0.5) is 0 Å². The molecule has 2 rings (SSSR count). The summed E-state index contributed by atoms with van der Waals surface area (Å²) >= 11 is 0. The van der Waals surface area contributed by atoms with Gasteiger partial charge in [-0.25, -0.2) is 4.98 Å². The molecule has 15 heavy (non-hydrogen) atoms. The number of aromatic nitrogens is 2. The van der Waals surface area contributed by atoms with Gasteiger partial charge in [-0.3, -0.25) is 0 Å². The van der Waals surface area contributed by atoms with Crippen molar-refractivity contribution in [3.8, 4) is 0 Å². The van der Waals surface area contributed by atoms with Crippen LogP contribution in [-0.4, -0.2) is 9.97 Å². The van der Waals surface area contributed by atoms with Gasteiger partial charge in [0.15, 0.2) is 0 Å². The monoisotopic (exact) mass is 200 g/mol. The van der Waals surface area contributed by atoms with Crippen molar-refractivity contribution < 1.29 is 0 Å². The van der Waals surface area contributed by atoms with Gasteiger partial charge in [0.25, 0.3) is 0 Å². The molecule has 1 aromatic heterocycles. The van der Waals surface area contributed by atoms with Crippen LogP contribution in [0.25, 0.3) is 0 Å². The second kappa shape index (κ2) is 4.78. The number of rotatable bonds is 4. The van der Waals surface area contributed by atoms with Crippen LogP contribution in [0, 0.1) is 0 Å². The minimum absolute atomic E-state index is 0.409. The Bertz CT molecular complexity index is 378. The van der Waals surface area contributed by atoms with Gasteiger partial charge >= 0.3 is 0 Å².